The highest BCUT2D eigenvalue weighted by molar-refractivity contribution is 6.02. The molecule has 4 aliphatic rings. The Labute approximate surface area is 245 Å². The van der Waals surface area contributed by atoms with E-state index in [1.54, 1.807) is 13.0 Å². The molecule has 8 bridgehead atoms. The van der Waals surface area contributed by atoms with Gasteiger partial charge in [-0.3, -0.25) is 4.79 Å². The molecule has 0 saturated carbocycles. The Bertz CT molecular complexity index is 1820. The number of aromatic amines is 2. The van der Waals surface area contributed by atoms with E-state index >= 15 is 0 Å². The molecule has 0 amide bonds. The molecule has 2 aromatic rings. The monoisotopic (exact) mass is 566 g/mol. The van der Waals surface area contributed by atoms with Crippen molar-refractivity contribution in [2.45, 2.75) is 85.2 Å². The van der Waals surface area contributed by atoms with Crippen molar-refractivity contribution in [2.24, 2.45) is 0 Å². The number of nitrogens with zero attached hydrogens (tertiary/aromatic N) is 2. The molecule has 0 unspecified atom stereocenters. The summed E-state index contributed by atoms with van der Waals surface area (Å²) >= 11 is 0. The van der Waals surface area contributed by atoms with Gasteiger partial charge in [0.2, 0.25) is 0 Å². The first-order valence-corrected chi connectivity index (χ1v) is 14.9. The predicted molar refractivity (Wildman–Crippen MR) is 167 cm³/mol. The number of H-pyrrole nitrogens is 2. The lowest BCUT2D eigenvalue weighted by molar-refractivity contribution is -0.137. The third kappa shape index (κ3) is 4.28. The number of allylic oxidation sites excluding steroid dienone is 3. The molecule has 3 aliphatic heterocycles. The van der Waals surface area contributed by atoms with Crippen molar-refractivity contribution < 1.29 is 20.1 Å². The molecule has 0 radical (unpaired) electrons. The smallest absolute Gasteiger partial charge is 0.303 e. The summed E-state index contributed by atoms with van der Waals surface area (Å²) in [5, 5.41) is 31.6. The van der Waals surface area contributed by atoms with Gasteiger partial charge in [-0.05, 0) is 86.6 Å². The van der Waals surface area contributed by atoms with Crippen molar-refractivity contribution in [3.8, 4) is 0 Å². The van der Waals surface area contributed by atoms with Crippen LogP contribution in [-0.4, -0.2) is 47.3 Å². The van der Waals surface area contributed by atoms with Crippen molar-refractivity contribution in [2.75, 3.05) is 0 Å². The molecular formula is C34H38N4O4. The van der Waals surface area contributed by atoms with Crippen molar-refractivity contribution in [1.29, 1.82) is 0 Å². The van der Waals surface area contributed by atoms with Gasteiger partial charge >= 0.3 is 5.97 Å². The third-order valence-corrected chi connectivity index (χ3v) is 9.31. The lowest BCUT2D eigenvalue weighted by Gasteiger charge is -2.16. The summed E-state index contributed by atoms with van der Waals surface area (Å²) in [7, 11) is 0. The molecule has 6 rings (SSSR count). The molecule has 5 N–H and O–H groups in total. The summed E-state index contributed by atoms with van der Waals surface area (Å²) < 4.78 is 0. The molecule has 1 aliphatic carbocycles. The Morgan fingerprint density at radius 3 is 2.38 bits per heavy atom. The Hall–Kier alpha value is -4.17. The van der Waals surface area contributed by atoms with Crippen LogP contribution in [0.25, 0.3) is 45.2 Å². The molecule has 0 saturated heterocycles. The SMILES string of the molecule is CCC1=C(C)c2cc3nc(cc4[nH]c(c5c6[nH]c(cc1n2)c(CC)c6C(O)=C5)[C@@H](CCC(=O)O)[C@@H]4C)C(C)=C3[C@@H](C)O. The Balaban J connectivity index is 1.77. The molecule has 0 spiro atoms. The normalized spacial score (nSPS) is 19.4. The second-order valence-electron chi connectivity index (χ2n) is 11.8. The number of rotatable bonds is 6. The topological polar surface area (TPSA) is 135 Å². The highest BCUT2D eigenvalue weighted by atomic mass is 16.4. The van der Waals surface area contributed by atoms with E-state index in [1.165, 1.54) is 0 Å². The van der Waals surface area contributed by atoms with Crippen LogP contribution >= 0.6 is 0 Å². The first-order valence-electron chi connectivity index (χ1n) is 14.9. The van der Waals surface area contributed by atoms with Gasteiger partial charge in [0.1, 0.15) is 5.76 Å². The van der Waals surface area contributed by atoms with Crippen molar-refractivity contribution >= 4 is 51.1 Å². The average Bonchev–Trinajstić information content (AvgIpc) is 3.69. The second-order valence-corrected chi connectivity index (χ2v) is 11.8. The number of aromatic nitrogens is 4. The second kappa shape index (κ2) is 10.3. The fourth-order valence-electron chi connectivity index (χ4n) is 7.09. The van der Waals surface area contributed by atoms with Crippen LogP contribution in [0.2, 0.25) is 0 Å². The number of carboxylic acids is 1. The highest BCUT2D eigenvalue weighted by Crippen LogP contribution is 2.46. The van der Waals surface area contributed by atoms with Crippen LogP contribution < -0.4 is 0 Å². The Morgan fingerprint density at radius 1 is 1.00 bits per heavy atom. The first kappa shape index (κ1) is 28.0. The van der Waals surface area contributed by atoms with E-state index in [2.05, 4.69) is 43.7 Å². The van der Waals surface area contributed by atoms with Gasteiger partial charge in [-0.1, -0.05) is 20.8 Å². The molecule has 5 heterocycles. The number of carbonyl (C=O) groups is 1. The number of fused-ring (bicyclic) bond motifs is 8. The minimum atomic E-state index is -0.836. The third-order valence-electron chi connectivity index (χ3n) is 9.31. The minimum Gasteiger partial charge on any atom is -0.507 e. The van der Waals surface area contributed by atoms with Crippen molar-refractivity contribution in [3.05, 3.63) is 69.1 Å². The lowest BCUT2D eigenvalue weighted by atomic mass is 9.86. The highest BCUT2D eigenvalue weighted by Gasteiger charge is 2.33. The number of aliphatic hydroxyl groups excluding tert-OH is 2. The van der Waals surface area contributed by atoms with E-state index in [-0.39, 0.29) is 24.0 Å². The van der Waals surface area contributed by atoms with E-state index in [1.807, 2.05) is 19.1 Å². The zero-order chi connectivity index (χ0) is 30.0. The Kier molecular flexibility index (Phi) is 6.84. The largest absolute Gasteiger partial charge is 0.507 e. The van der Waals surface area contributed by atoms with Crippen LogP contribution in [0.5, 0.6) is 0 Å². The number of nitrogens with one attached hydrogen (secondary N) is 2. The van der Waals surface area contributed by atoms with E-state index in [4.69, 9.17) is 9.97 Å². The van der Waals surface area contributed by atoms with Crippen LogP contribution in [0, 0.1) is 0 Å². The number of hydrogen-bond donors (Lipinski definition) is 5. The van der Waals surface area contributed by atoms with E-state index in [0.717, 1.165) is 84.9 Å². The fourth-order valence-corrected chi connectivity index (χ4v) is 7.09. The maximum Gasteiger partial charge on any atom is 0.303 e. The van der Waals surface area contributed by atoms with Gasteiger partial charge in [0.15, 0.2) is 0 Å². The standard InChI is InChI=1S/C34H38N4O4/c1-7-19-15(3)23-13-28-31(18(6)39)17(5)25(36-28)12-24-16(4)21(9-10-30(41)42)33(37-24)22-11-29(40)32-20(8-2)27(38-34(22)32)14-26(19)35-23/h11-14,16,18,21,37-40H,7-10H2,1-6H3,(H,41,42)/t16-,18+,21-/m0/s1. The zero-order valence-electron chi connectivity index (χ0n) is 25.0. The molecule has 3 atom stereocenters. The predicted octanol–water partition coefficient (Wildman–Crippen LogP) is 7.37. The van der Waals surface area contributed by atoms with Crippen LogP contribution in [0.3, 0.4) is 0 Å². The summed E-state index contributed by atoms with van der Waals surface area (Å²) in [4.78, 5) is 28.9. The van der Waals surface area contributed by atoms with Gasteiger partial charge in [0.05, 0.1) is 34.4 Å². The van der Waals surface area contributed by atoms with Crippen LogP contribution in [0.15, 0.2) is 18.2 Å². The van der Waals surface area contributed by atoms with E-state index < -0.39 is 12.1 Å². The quantitative estimate of drug-likeness (QED) is 0.248. The van der Waals surface area contributed by atoms with Gasteiger partial charge in [-0.2, -0.15) is 0 Å². The van der Waals surface area contributed by atoms with Crippen molar-refractivity contribution in [3.63, 3.8) is 0 Å². The number of aliphatic carboxylic acids is 1. The number of aliphatic hydroxyl groups is 2. The molecule has 42 heavy (non-hydrogen) atoms. The van der Waals surface area contributed by atoms with Gasteiger partial charge < -0.3 is 25.3 Å². The summed E-state index contributed by atoms with van der Waals surface area (Å²) in [6, 6.07) is 6.07. The molecule has 8 nitrogen and oxygen atoms in total. The molecule has 0 aromatic carbocycles. The van der Waals surface area contributed by atoms with Gasteiger partial charge in [0.25, 0.3) is 0 Å². The molecule has 2 aromatic heterocycles. The first-order chi connectivity index (χ1) is 20.0. The number of hydrogen-bond acceptors (Lipinski definition) is 5. The van der Waals surface area contributed by atoms with Gasteiger partial charge in [-0.15, -0.1) is 0 Å². The molecule has 0 fully saturated rings. The average molecular weight is 567 g/mol. The van der Waals surface area contributed by atoms with Crippen molar-refractivity contribution in [1.82, 2.24) is 19.9 Å². The molecule has 218 valence electrons. The van der Waals surface area contributed by atoms with Crippen LogP contribution in [0.1, 0.15) is 123 Å². The van der Waals surface area contributed by atoms with E-state index in [0.29, 0.717) is 18.5 Å². The summed E-state index contributed by atoms with van der Waals surface area (Å²) in [6.07, 6.45) is 3.09. The van der Waals surface area contributed by atoms with E-state index in [9.17, 15) is 20.1 Å². The summed E-state index contributed by atoms with van der Waals surface area (Å²) in [6.45, 7) is 12.1. The van der Waals surface area contributed by atoms with Crippen LogP contribution in [-0.2, 0) is 11.2 Å². The lowest BCUT2D eigenvalue weighted by Crippen LogP contribution is -2.06. The van der Waals surface area contributed by atoms with Gasteiger partial charge in [-0.25, -0.2) is 9.97 Å². The number of aryl methyl sites for hydroxylation is 1. The Morgan fingerprint density at radius 2 is 1.71 bits per heavy atom. The van der Waals surface area contributed by atoms with Gasteiger partial charge in [0, 0.05) is 51.9 Å². The fraction of sp³-hybridized carbons (Fsp3) is 0.382. The minimum absolute atomic E-state index is 0.0134. The summed E-state index contributed by atoms with van der Waals surface area (Å²) in [5.41, 5.74) is 13.3. The molecular weight excluding hydrogens is 528 g/mol. The summed E-state index contributed by atoms with van der Waals surface area (Å²) in [5.74, 6) is -0.738. The maximum absolute atomic E-state index is 11.6. The number of carboxylic acid groups (broad SMARTS) is 1. The molecule has 8 heteroatoms. The zero-order valence-corrected chi connectivity index (χ0v) is 25.0. The van der Waals surface area contributed by atoms with Crippen LogP contribution in [0.4, 0.5) is 0 Å². The maximum atomic E-state index is 11.6.